The largest absolute Gasteiger partial charge is 0.441 e. The summed E-state index contributed by atoms with van der Waals surface area (Å²) in [6, 6.07) is 5.69. The van der Waals surface area contributed by atoms with Crippen LogP contribution in [0.25, 0.3) is 17.2 Å². The summed E-state index contributed by atoms with van der Waals surface area (Å²) in [4.78, 5) is 20.5. The summed E-state index contributed by atoms with van der Waals surface area (Å²) < 4.78 is 6.26. The van der Waals surface area contributed by atoms with E-state index in [1.807, 2.05) is 37.5 Å². The summed E-state index contributed by atoms with van der Waals surface area (Å²) >= 11 is 2.88. The van der Waals surface area contributed by atoms with Gasteiger partial charge in [-0.2, -0.15) is 4.99 Å². The van der Waals surface area contributed by atoms with Gasteiger partial charge in [0.05, 0.1) is 4.91 Å². The van der Waals surface area contributed by atoms with Gasteiger partial charge in [-0.15, -0.1) is 11.8 Å². The summed E-state index contributed by atoms with van der Waals surface area (Å²) in [6.07, 6.45) is 3.74. The third-order valence-electron chi connectivity index (χ3n) is 2.59. The summed E-state index contributed by atoms with van der Waals surface area (Å²) in [7, 11) is 0. The van der Waals surface area contributed by atoms with E-state index in [4.69, 9.17) is 4.42 Å². The molecule has 0 saturated heterocycles. The van der Waals surface area contributed by atoms with E-state index in [-0.39, 0.29) is 5.91 Å². The van der Waals surface area contributed by atoms with E-state index in [9.17, 15) is 4.79 Å². The molecule has 0 bridgehead atoms. The van der Waals surface area contributed by atoms with Crippen LogP contribution in [0.5, 0.6) is 0 Å². The van der Waals surface area contributed by atoms with Crippen LogP contribution in [0.1, 0.15) is 11.5 Å². The molecule has 1 aliphatic heterocycles. The van der Waals surface area contributed by atoms with E-state index in [1.54, 1.807) is 0 Å². The Kier molecular flexibility index (Phi) is 3.20. The summed E-state index contributed by atoms with van der Waals surface area (Å²) in [6.45, 7) is 1.81. The summed E-state index contributed by atoms with van der Waals surface area (Å²) in [5.41, 5.74) is 2.47. The maximum Gasteiger partial charge on any atom is 0.285 e. The van der Waals surface area contributed by atoms with Crippen LogP contribution in [0.3, 0.4) is 0 Å². The van der Waals surface area contributed by atoms with E-state index in [1.165, 1.54) is 23.5 Å². The van der Waals surface area contributed by atoms with Crippen molar-refractivity contribution in [1.82, 2.24) is 4.98 Å². The molecule has 2 aromatic rings. The molecule has 19 heavy (non-hydrogen) atoms. The number of hydrogen-bond donors (Lipinski definition) is 0. The molecule has 1 aromatic heterocycles. The number of thioether (sulfide) groups is 2. The SMILES string of the molecule is CSC1=NC(=O)C(=Cc2ccc3nc(C)oc3c2)S1. The van der Waals surface area contributed by atoms with Crippen LogP contribution in [0, 0.1) is 6.92 Å². The third kappa shape index (κ3) is 2.46. The van der Waals surface area contributed by atoms with Crippen LogP contribution < -0.4 is 0 Å². The molecule has 0 spiro atoms. The molecule has 4 nitrogen and oxygen atoms in total. The number of hydrogen-bond acceptors (Lipinski definition) is 5. The molecule has 0 saturated carbocycles. The molecule has 1 amide bonds. The molecular formula is C13H10N2O2S2. The van der Waals surface area contributed by atoms with Crippen molar-refractivity contribution in [3.8, 4) is 0 Å². The van der Waals surface area contributed by atoms with Gasteiger partial charge in [0.2, 0.25) is 0 Å². The van der Waals surface area contributed by atoms with Crippen molar-refractivity contribution in [3.05, 3.63) is 34.6 Å². The van der Waals surface area contributed by atoms with E-state index in [0.717, 1.165) is 21.0 Å². The Balaban J connectivity index is 1.95. The monoisotopic (exact) mass is 290 g/mol. The molecular weight excluding hydrogens is 280 g/mol. The molecule has 0 fully saturated rings. The normalized spacial score (nSPS) is 17.5. The molecule has 1 aliphatic rings. The number of amides is 1. The van der Waals surface area contributed by atoms with Crippen LogP contribution in [0.15, 0.2) is 32.5 Å². The third-order valence-corrected chi connectivity index (χ3v) is 4.56. The minimum Gasteiger partial charge on any atom is -0.441 e. The van der Waals surface area contributed by atoms with E-state index >= 15 is 0 Å². The number of benzene rings is 1. The fourth-order valence-electron chi connectivity index (χ4n) is 1.77. The van der Waals surface area contributed by atoms with Crippen LogP contribution >= 0.6 is 23.5 Å². The average Bonchev–Trinajstić information content (AvgIpc) is 2.91. The molecule has 2 heterocycles. The summed E-state index contributed by atoms with van der Waals surface area (Å²) in [5, 5.41) is 0. The maximum absolute atomic E-state index is 11.7. The van der Waals surface area contributed by atoms with Gasteiger partial charge >= 0.3 is 0 Å². The molecule has 0 radical (unpaired) electrons. The Labute approximate surface area is 118 Å². The zero-order valence-electron chi connectivity index (χ0n) is 10.3. The van der Waals surface area contributed by atoms with Crippen LogP contribution in [0.4, 0.5) is 0 Å². The second kappa shape index (κ2) is 4.86. The predicted octanol–water partition coefficient (Wildman–Crippen LogP) is 3.47. The van der Waals surface area contributed by atoms with Gasteiger partial charge in [-0.3, -0.25) is 4.79 Å². The van der Waals surface area contributed by atoms with Crippen molar-refractivity contribution >= 4 is 51.0 Å². The number of rotatable bonds is 1. The maximum atomic E-state index is 11.7. The second-order valence-corrected chi connectivity index (χ2v) is 6.04. The molecule has 3 rings (SSSR count). The number of aryl methyl sites for hydroxylation is 1. The van der Waals surface area contributed by atoms with Gasteiger partial charge in [-0.25, -0.2) is 4.98 Å². The van der Waals surface area contributed by atoms with Crippen molar-refractivity contribution in [2.75, 3.05) is 6.26 Å². The highest BCUT2D eigenvalue weighted by atomic mass is 32.2. The lowest BCUT2D eigenvalue weighted by molar-refractivity contribution is -0.113. The van der Waals surface area contributed by atoms with Crippen molar-refractivity contribution in [2.45, 2.75) is 6.92 Å². The lowest BCUT2D eigenvalue weighted by Crippen LogP contribution is -1.87. The molecule has 1 aromatic carbocycles. The Morgan fingerprint density at radius 2 is 2.26 bits per heavy atom. The molecule has 0 atom stereocenters. The Morgan fingerprint density at radius 3 is 3.00 bits per heavy atom. The molecule has 0 N–H and O–H groups in total. The Morgan fingerprint density at radius 1 is 1.42 bits per heavy atom. The number of aliphatic imine (C=N–C) groups is 1. The topological polar surface area (TPSA) is 55.5 Å². The Hall–Kier alpha value is -1.53. The average molecular weight is 290 g/mol. The van der Waals surface area contributed by atoms with Crippen molar-refractivity contribution in [1.29, 1.82) is 0 Å². The standard InChI is InChI=1S/C13H10N2O2S2/c1-7-14-9-4-3-8(5-10(9)17-7)6-11-12(16)15-13(18-2)19-11/h3-6H,1-2H3. The minimum absolute atomic E-state index is 0.178. The molecule has 0 unspecified atom stereocenters. The summed E-state index contributed by atoms with van der Waals surface area (Å²) in [5.74, 6) is 0.460. The van der Waals surface area contributed by atoms with E-state index in [2.05, 4.69) is 9.98 Å². The van der Waals surface area contributed by atoms with Gasteiger partial charge in [0.1, 0.15) is 9.89 Å². The zero-order valence-corrected chi connectivity index (χ0v) is 12.0. The van der Waals surface area contributed by atoms with Gasteiger partial charge in [0.25, 0.3) is 5.91 Å². The minimum atomic E-state index is -0.178. The predicted molar refractivity (Wildman–Crippen MR) is 80.3 cm³/mol. The van der Waals surface area contributed by atoms with Gasteiger partial charge in [0.15, 0.2) is 11.5 Å². The smallest absolute Gasteiger partial charge is 0.285 e. The lowest BCUT2D eigenvalue weighted by atomic mass is 10.2. The number of nitrogens with zero attached hydrogens (tertiary/aromatic N) is 2. The second-order valence-electron chi connectivity index (χ2n) is 3.96. The number of carbonyl (C=O) groups excluding carboxylic acids is 1. The van der Waals surface area contributed by atoms with Crippen molar-refractivity contribution < 1.29 is 9.21 Å². The quantitative estimate of drug-likeness (QED) is 0.753. The van der Waals surface area contributed by atoms with Crippen LogP contribution in [0.2, 0.25) is 0 Å². The fraction of sp³-hybridized carbons (Fsp3) is 0.154. The zero-order chi connectivity index (χ0) is 13.4. The van der Waals surface area contributed by atoms with Crippen LogP contribution in [-0.4, -0.2) is 21.5 Å². The van der Waals surface area contributed by atoms with Gasteiger partial charge < -0.3 is 4.42 Å². The first kappa shape index (κ1) is 12.5. The lowest BCUT2D eigenvalue weighted by Gasteiger charge is -1.95. The number of carbonyl (C=O) groups is 1. The Bertz CT molecular complexity index is 731. The highest BCUT2D eigenvalue weighted by molar-refractivity contribution is 8.40. The first-order valence-electron chi connectivity index (χ1n) is 5.59. The van der Waals surface area contributed by atoms with E-state index < -0.39 is 0 Å². The molecule has 6 heteroatoms. The van der Waals surface area contributed by atoms with Crippen LogP contribution in [-0.2, 0) is 4.79 Å². The van der Waals surface area contributed by atoms with Gasteiger partial charge in [-0.1, -0.05) is 17.8 Å². The van der Waals surface area contributed by atoms with Gasteiger partial charge in [0, 0.05) is 6.92 Å². The first-order valence-corrected chi connectivity index (χ1v) is 7.63. The van der Waals surface area contributed by atoms with Crippen molar-refractivity contribution in [3.63, 3.8) is 0 Å². The first-order chi connectivity index (χ1) is 9.15. The highest BCUT2D eigenvalue weighted by Gasteiger charge is 2.21. The highest BCUT2D eigenvalue weighted by Crippen LogP contribution is 2.33. The molecule has 0 aliphatic carbocycles. The number of oxazole rings is 1. The number of aromatic nitrogens is 1. The van der Waals surface area contributed by atoms with Gasteiger partial charge in [-0.05, 0) is 30.0 Å². The van der Waals surface area contributed by atoms with E-state index in [0.29, 0.717) is 10.8 Å². The fourth-order valence-corrected chi connectivity index (χ4v) is 3.20. The van der Waals surface area contributed by atoms with Crippen molar-refractivity contribution in [2.24, 2.45) is 4.99 Å². The molecule has 96 valence electrons. The number of fused-ring (bicyclic) bond motifs is 1.